The molecule has 0 atom stereocenters. The first-order valence-corrected chi connectivity index (χ1v) is 37.6. The Morgan fingerprint density at radius 3 is 1.12 bits per heavy atom. The minimum absolute atomic E-state index is 0.120. The second-order valence-electron chi connectivity index (χ2n) is 31.2. The number of nitrogens with zero attached hydrogens (tertiary/aromatic N) is 16. The first-order chi connectivity index (χ1) is 47.2. The van der Waals surface area contributed by atoms with Crippen LogP contribution < -0.4 is 0 Å². The molecule has 25 nitrogen and oxygen atoms in total. The molecule has 0 aromatic carbocycles. The summed E-state index contributed by atoms with van der Waals surface area (Å²) in [5.41, 5.74) is 2.72. The van der Waals surface area contributed by atoms with Crippen molar-refractivity contribution in [2.45, 2.75) is 211 Å². The third-order valence-corrected chi connectivity index (χ3v) is 25.1. The normalized spacial score (nSPS) is 31.2. The highest BCUT2D eigenvalue weighted by molar-refractivity contribution is 5.69. The van der Waals surface area contributed by atoms with E-state index in [0.717, 1.165) is 116 Å². The smallest absolute Gasteiger partial charge is 0.409 e. The molecule has 0 unspecified atom stereocenters. The highest BCUT2D eigenvalue weighted by Gasteiger charge is 2.55. The largest absolute Gasteiger partial charge is 0.450 e. The molecule has 25 heteroatoms. The zero-order valence-electron chi connectivity index (χ0n) is 59.0. The van der Waals surface area contributed by atoms with Crippen LogP contribution in [0, 0.1) is 28.6 Å². The standard InChI is InChI=1S/C19H30N4O2.C19H29N3O2.C18H28N4O2.C16H26N6O2/c1-3-25-18(24)22-9-6-19(14-22)10-17(11-19)21-7-4-16(5-8-21)23-13-15(2)12-20-23;1-2-24-18(23)22-12-7-19(15-22)13-17(14-19)21-10-5-16(6-11-21)20-8-3-4-9-20;1-2-24-17(23)21-11-6-18(14-21)12-16(13-18)20-9-4-15(5-10-20)22-8-3-7-19-22;1-2-24-15(23)22-8-5-16(11-22)9-13(10-16)21-6-3-12(4-7-21)14-17-19-20-18-14/h12-13,16-17H,3-11,14H2,1-2H3;3-4,8-9,16-17H,2,5-7,10-15H2,1H3;3,7-8,15-16H,2,4-6,9-14H2,1H3;12-13H,2-11H2,1H3,(H,17,18,19,20). The number of carbonyl (C=O) groups is 4. The van der Waals surface area contributed by atoms with Gasteiger partial charge in [0.1, 0.15) is 0 Å². The Morgan fingerprint density at radius 1 is 0.443 bits per heavy atom. The monoisotopic (exact) mass is 1340 g/mol. The van der Waals surface area contributed by atoms with E-state index in [1.54, 1.807) is 0 Å². The number of rotatable bonds is 12. The average molecular weight is 1340 g/mol. The molecule has 12 heterocycles. The number of likely N-dealkylation sites (tertiary alicyclic amines) is 8. The average Bonchev–Trinajstić information content (AvgIpc) is 1.74. The fraction of sp³-hybridized carbons (Fsp3) is 0.792. The lowest BCUT2D eigenvalue weighted by atomic mass is 9.64. The van der Waals surface area contributed by atoms with E-state index in [1.165, 1.54) is 135 Å². The molecule has 97 heavy (non-hydrogen) atoms. The number of ether oxygens (including phenoxy) is 4. The highest BCUT2D eigenvalue weighted by Crippen LogP contribution is 2.54. The second-order valence-corrected chi connectivity index (χ2v) is 31.2. The molecule has 0 radical (unpaired) electrons. The van der Waals surface area contributed by atoms with Gasteiger partial charge in [-0.25, -0.2) is 24.3 Å². The molecule has 12 aliphatic rings. The van der Waals surface area contributed by atoms with Gasteiger partial charge in [0.15, 0.2) is 5.82 Å². The fourth-order valence-electron chi connectivity index (χ4n) is 19.5. The number of amides is 4. The topological polar surface area (TPSA) is 226 Å². The molecule has 1 N–H and O–H groups in total. The van der Waals surface area contributed by atoms with Crippen molar-refractivity contribution in [2.75, 3.05) is 131 Å². The number of aromatic nitrogens is 9. The van der Waals surface area contributed by atoms with Gasteiger partial charge in [-0.15, -0.1) is 5.10 Å². The number of hydrogen-bond acceptors (Lipinski definition) is 17. The molecule has 8 saturated heterocycles. The minimum atomic E-state index is -0.140. The van der Waals surface area contributed by atoms with E-state index in [0.29, 0.717) is 90.3 Å². The summed E-state index contributed by atoms with van der Waals surface area (Å²) in [6.45, 7) is 27.8. The van der Waals surface area contributed by atoms with Crippen molar-refractivity contribution in [3.63, 3.8) is 0 Å². The lowest BCUT2D eigenvalue weighted by Gasteiger charge is -2.51. The Balaban J connectivity index is 0.000000117. The summed E-state index contributed by atoms with van der Waals surface area (Å²) in [4.78, 5) is 65.9. The van der Waals surface area contributed by atoms with Gasteiger partial charge < -0.3 is 62.7 Å². The van der Waals surface area contributed by atoms with Crippen molar-refractivity contribution in [3.8, 4) is 0 Å². The zero-order chi connectivity index (χ0) is 67.2. The quantitative estimate of drug-likeness (QED) is 0.130. The number of H-pyrrole nitrogens is 1. The first-order valence-electron chi connectivity index (χ1n) is 37.6. The molecule has 4 aromatic heterocycles. The number of carbonyl (C=O) groups excluding carboxylic acids is 4. The van der Waals surface area contributed by atoms with Crippen molar-refractivity contribution in [3.05, 3.63) is 66.8 Å². The van der Waals surface area contributed by atoms with Gasteiger partial charge in [0.05, 0.1) is 44.7 Å². The molecule has 534 valence electrons. The molecule has 8 aliphatic heterocycles. The van der Waals surface area contributed by atoms with E-state index < -0.39 is 0 Å². The van der Waals surface area contributed by atoms with Gasteiger partial charge in [-0.3, -0.25) is 9.36 Å². The van der Waals surface area contributed by atoms with Crippen LogP contribution in [0.5, 0.6) is 0 Å². The van der Waals surface area contributed by atoms with Crippen molar-refractivity contribution in [1.29, 1.82) is 0 Å². The molecule has 4 amide bonds. The van der Waals surface area contributed by atoms with Gasteiger partial charge in [-0.05, 0) is 232 Å². The molecule has 0 bridgehead atoms. The van der Waals surface area contributed by atoms with Crippen LogP contribution in [0.25, 0.3) is 0 Å². The van der Waals surface area contributed by atoms with Crippen LogP contribution in [-0.2, 0) is 18.9 Å². The van der Waals surface area contributed by atoms with Crippen molar-refractivity contribution < 1.29 is 38.1 Å². The Labute approximate surface area is 574 Å². The van der Waals surface area contributed by atoms with Gasteiger partial charge in [0, 0.05) is 159 Å². The Kier molecular flexibility index (Phi) is 21.9. The van der Waals surface area contributed by atoms with Crippen LogP contribution in [0.15, 0.2) is 55.4 Å². The zero-order valence-corrected chi connectivity index (χ0v) is 59.0. The lowest BCUT2D eigenvalue weighted by Crippen LogP contribution is -2.54. The van der Waals surface area contributed by atoms with Crippen LogP contribution in [0.3, 0.4) is 0 Å². The third-order valence-electron chi connectivity index (χ3n) is 25.1. The van der Waals surface area contributed by atoms with E-state index >= 15 is 0 Å². The maximum absolute atomic E-state index is 11.9. The molecule has 4 spiro atoms. The highest BCUT2D eigenvalue weighted by atomic mass is 16.6. The number of tetrazole rings is 1. The van der Waals surface area contributed by atoms with Crippen LogP contribution in [0.1, 0.15) is 192 Å². The first kappa shape index (κ1) is 69.2. The minimum Gasteiger partial charge on any atom is -0.450 e. The maximum atomic E-state index is 11.9. The van der Waals surface area contributed by atoms with E-state index in [9.17, 15) is 19.2 Å². The van der Waals surface area contributed by atoms with Crippen molar-refractivity contribution >= 4 is 24.4 Å². The maximum Gasteiger partial charge on any atom is 0.409 e. The molecule has 16 rings (SSSR count). The number of aromatic amines is 1. The summed E-state index contributed by atoms with van der Waals surface area (Å²) in [5, 5.41) is 23.2. The third kappa shape index (κ3) is 16.0. The predicted molar refractivity (Wildman–Crippen MR) is 366 cm³/mol. The van der Waals surface area contributed by atoms with Crippen LogP contribution in [0.4, 0.5) is 19.2 Å². The number of piperidine rings is 4. The molecule has 4 aromatic rings. The summed E-state index contributed by atoms with van der Waals surface area (Å²) < 4.78 is 27.2. The molecule has 12 fully saturated rings. The van der Waals surface area contributed by atoms with Gasteiger partial charge in [0.2, 0.25) is 0 Å². The summed E-state index contributed by atoms with van der Waals surface area (Å²) >= 11 is 0. The Morgan fingerprint density at radius 2 is 0.804 bits per heavy atom. The van der Waals surface area contributed by atoms with Gasteiger partial charge in [0.25, 0.3) is 0 Å². The SMILES string of the molecule is CCOC(=O)N1CCC2(CC(N3CCC(c4nnn[nH]4)CC3)C2)C1.CCOC(=O)N1CCC2(CC(N3CCC(n4cc(C)cn4)CC3)C2)C1.CCOC(=O)N1CCC2(CC(N3CCC(n4cccc4)CC3)C2)C1.CCOC(=O)N1CCC2(CC(N3CCC(n4cccn4)CC3)C2)C1. The van der Waals surface area contributed by atoms with E-state index in [4.69, 9.17) is 18.9 Å². The van der Waals surface area contributed by atoms with Crippen LogP contribution in [0.2, 0.25) is 0 Å². The van der Waals surface area contributed by atoms with Crippen molar-refractivity contribution in [2.24, 2.45) is 21.7 Å². The van der Waals surface area contributed by atoms with E-state index in [1.807, 2.05) is 65.8 Å². The van der Waals surface area contributed by atoms with Gasteiger partial charge in [-0.2, -0.15) is 10.2 Å². The summed E-state index contributed by atoms with van der Waals surface area (Å²) in [6, 6.07) is 10.9. The molecule has 4 saturated carbocycles. The number of hydrogen-bond donors (Lipinski definition) is 1. The van der Waals surface area contributed by atoms with Crippen LogP contribution in [-0.4, -0.2) is 264 Å². The number of nitrogens with one attached hydrogen (secondary N) is 1. The van der Waals surface area contributed by atoms with Gasteiger partial charge in [-0.1, -0.05) is 0 Å². The van der Waals surface area contributed by atoms with E-state index in [-0.39, 0.29) is 24.4 Å². The Bertz CT molecular complexity index is 2880. The number of aryl methyl sites for hydroxylation is 1. The van der Waals surface area contributed by atoms with Crippen LogP contribution >= 0.6 is 0 Å². The second kappa shape index (κ2) is 30.7. The Hall–Kier alpha value is -6.31. The predicted octanol–water partition coefficient (Wildman–Crippen LogP) is 9.90. The fourth-order valence-corrected chi connectivity index (χ4v) is 19.5. The van der Waals surface area contributed by atoms with E-state index in [2.05, 4.69) is 108 Å². The lowest BCUT2D eigenvalue weighted by molar-refractivity contribution is -0.00900. The summed E-state index contributed by atoms with van der Waals surface area (Å²) in [7, 11) is 0. The van der Waals surface area contributed by atoms with Gasteiger partial charge >= 0.3 is 24.4 Å². The molecule has 4 aliphatic carbocycles. The summed E-state index contributed by atoms with van der Waals surface area (Å²) in [6.07, 6.45) is 36.0. The molecular formula is C72H113N17O8. The van der Waals surface area contributed by atoms with Crippen molar-refractivity contribution in [1.82, 2.24) is 84.0 Å². The molecular weight excluding hydrogens is 1230 g/mol. The summed E-state index contributed by atoms with van der Waals surface area (Å²) in [5.74, 6) is 1.40.